The maximum absolute atomic E-state index is 12.0. The van der Waals surface area contributed by atoms with Crippen molar-refractivity contribution in [2.75, 3.05) is 13.7 Å². The van der Waals surface area contributed by atoms with E-state index in [2.05, 4.69) is 10.1 Å². The van der Waals surface area contributed by atoms with Crippen LogP contribution in [0.4, 0.5) is 5.00 Å². The second-order valence-corrected chi connectivity index (χ2v) is 6.37. The van der Waals surface area contributed by atoms with Crippen LogP contribution in [0.15, 0.2) is 42.5 Å². The van der Waals surface area contributed by atoms with E-state index in [4.69, 9.17) is 4.74 Å². The van der Waals surface area contributed by atoms with E-state index in [1.807, 2.05) is 6.07 Å². The topological polar surface area (TPSA) is 125 Å². The van der Waals surface area contributed by atoms with Gasteiger partial charge in [0.25, 0.3) is 5.91 Å². The van der Waals surface area contributed by atoms with Crippen LogP contribution >= 0.6 is 11.3 Å². The van der Waals surface area contributed by atoms with E-state index in [9.17, 15) is 24.5 Å². The van der Waals surface area contributed by atoms with Crippen molar-refractivity contribution in [3.8, 4) is 0 Å². The number of rotatable bonds is 8. The van der Waals surface area contributed by atoms with Gasteiger partial charge >= 0.3 is 16.9 Å². The van der Waals surface area contributed by atoms with Crippen molar-refractivity contribution >= 4 is 34.2 Å². The molecule has 1 atom stereocenters. The van der Waals surface area contributed by atoms with E-state index in [0.717, 1.165) is 5.56 Å². The molecule has 9 nitrogen and oxygen atoms in total. The van der Waals surface area contributed by atoms with Crippen molar-refractivity contribution in [2.24, 2.45) is 0 Å². The summed E-state index contributed by atoms with van der Waals surface area (Å²) in [6, 6.07) is 10.5. The van der Waals surface area contributed by atoms with E-state index in [-0.39, 0.29) is 16.3 Å². The van der Waals surface area contributed by atoms with Gasteiger partial charge in [-0.15, -0.1) is 0 Å². The Kier molecular flexibility index (Phi) is 7.00. The fourth-order valence-corrected chi connectivity index (χ4v) is 2.87. The molecule has 2 rings (SSSR count). The molecule has 0 bridgehead atoms. The van der Waals surface area contributed by atoms with Gasteiger partial charge in [-0.05, 0) is 11.6 Å². The molecule has 0 fully saturated rings. The van der Waals surface area contributed by atoms with Gasteiger partial charge in [0.2, 0.25) is 0 Å². The minimum Gasteiger partial charge on any atom is -0.467 e. The highest BCUT2D eigenvalue weighted by Crippen LogP contribution is 2.24. The Hall–Kier alpha value is -3.27. The van der Waals surface area contributed by atoms with Crippen LogP contribution in [0.3, 0.4) is 0 Å². The molecule has 0 aliphatic carbocycles. The third-order valence-electron chi connectivity index (χ3n) is 3.41. The summed E-state index contributed by atoms with van der Waals surface area (Å²) in [7, 11) is 1.20. The van der Waals surface area contributed by atoms with Crippen molar-refractivity contribution in [3.05, 3.63) is 63.0 Å². The van der Waals surface area contributed by atoms with Crippen LogP contribution in [-0.2, 0) is 25.5 Å². The van der Waals surface area contributed by atoms with Gasteiger partial charge in [0.15, 0.2) is 6.61 Å². The van der Waals surface area contributed by atoms with E-state index in [0.29, 0.717) is 11.3 Å². The Morgan fingerprint density at radius 3 is 2.48 bits per heavy atom. The van der Waals surface area contributed by atoms with Crippen LogP contribution in [0.2, 0.25) is 0 Å². The number of nitro groups is 1. The number of ether oxygens (including phenoxy) is 2. The Morgan fingerprint density at radius 2 is 1.89 bits per heavy atom. The van der Waals surface area contributed by atoms with Crippen molar-refractivity contribution in [1.29, 1.82) is 0 Å². The Balaban J connectivity index is 1.91. The average Bonchev–Trinajstić information content (AvgIpc) is 3.16. The number of hydrogen-bond donors (Lipinski definition) is 1. The zero-order chi connectivity index (χ0) is 19.8. The maximum atomic E-state index is 12.0. The maximum Gasteiger partial charge on any atom is 0.349 e. The van der Waals surface area contributed by atoms with Crippen LogP contribution in [-0.4, -0.2) is 42.5 Å². The van der Waals surface area contributed by atoms with Crippen LogP contribution in [0.1, 0.15) is 15.2 Å². The quantitative estimate of drug-likeness (QED) is 0.412. The van der Waals surface area contributed by atoms with Crippen LogP contribution in [0.25, 0.3) is 0 Å². The van der Waals surface area contributed by atoms with Gasteiger partial charge in [0, 0.05) is 12.5 Å². The number of esters is 2. The first-order valence-corrected chi connectivity index (χ1v) is 8.55. The monoisotopic (exact) mass is 392 g/mol. The molecular weight excluding hydrogens is 376 g/mol. The molecule has 0 aliphatic heterocycles. The van der Waals surface area contributed by atoms with E-state index >= 15 is 0 Å². The third kappa shape index (κ3) is 5.89. The molecule has 0 saturated carbocycles. The average molecular weight is 392 g/mol. The molecular formula is C17H16N2O7S. The Labute approximate surface area is 158 Å². The molecule has 1 aromatic carbocycles. The van der Waals surface area contributed by atoms with Gasteiger partial charge in [-0.25, -0.2) is 9.59 Å². The highest BCUT2D eigenvalue weighted by Gasteiger charge is 2.23. The summed E-state index contributed by atoms with van der Waals surface area (Å²) in [4.78, 5) is 45.7. The SMILES string of the molecule is COC(=O)[C@@H](Cc1ccccc1)NC(=O)COC(=O)c1ccc([N+](=O)[O-])s1. The molecule has 0 aliphatic rings. The summed E-state index contributed by atoms with van der Waals surface area (Å²) in [5.74, 6) is -2.19. The van der Waals surface area contributed by atoms with Crippen LogP contribution in [0.5, 0.6) is 0 Å². The second-order valence-electron chi connectivity index (χ2n) is 5.30. The molecule has 10 heteroatoms. The van der Waals surface area contributed by atoms with Crippen molar-refractivity contribution in [1.82, 2.24) is 5.32 Å². The predicted octanol–water partition coefficient (Wildman–Crippen LogP) is 1.71. The number of methoxy groups -OCH3 is 1. The Bertz CT molecular complexity index is 835. The fraction of sp³-hybridized carbons (Fsp3) is 0.235. The number of benzene rings is 1. The van der Waals surface area contributed by atoms with E-state index in [1.165, 1.54) is 19.2 Å². The number of thiophene rings is 1. The van der Waals surface area contributed by atoms with Crippen molar-refractivity contribution < 1.29 is 28.8 Å². The first kappa shape index (κ1) is 20.0. The molecule has 1 aromatic heterocycles. The van der Waals surface area contributed by atoms with Gasteiger partial charge in [-0.3, -0.25) is 14.9 Å². The fourth-order valence-electron chi connectivity index (χ4n) is 2.16. The number of carbonyl (C=O) groups excluding carboxylic acids is 3. The molecule has 1 heterocycles. The first-order chi connectivity index (χ1) is 12.9. The minimum absolute atomic E-state index is 0.00306. The number of amides is 1. The molecule has 2 aromatic rings. The summed E-state index contributed by atoms with van der Waals surface area (Å²) >= 11 is 0.646. The zero-order valence-electron chi connectivity index (χ0n) is 14.2. The predicted molar refractivity (Wildman–Crippen MR) is 95.3 cm³/mol. The van der Waals surface area contributed by atoms with Gasteiger partial charge < -0.3 is 14.8 Å². The summed E-state index contributed by atoms with van der Waals surface area (Å²) in [5.41, 5.74) is 0.816. The van der Waals surface area contributed by atoms with E-state index < -0.39 is 35.4 Å². The van der Waals surface area contributed by atoms with Crippen molar-refractivity contribution in [2.45, 2.75) is 12.5 Å². The lowest BCUT2D eigenvalue weighted by Crippen LogP contribution is -2.44. The summed E-state index contributed by atoms with van der Waals surface area (Å²) in [6.45, 7) is -0.632. The molecule has 1 N–H and O–H groups in total. The molecule has 0 radical (unpaired) electrons. The highest BCUT2D eigenvalue weighted by molar-refractivity contribution is 7.17. The largest absolute Gasteiger partial charge is 0.467 e. The number of nitrogens with zero attached hydrogens (tertiary/aromatic N) is 1. The van der Waals surface area contributed by atoms with Gasteiger partial charge in [-0.2, -0.15) is 0 Å². The summed E-state index contributed by atoms with van der Waals surface area (Å²) in [6.07, 6.45) is 0.213. The third-order valence-corrected chi connectivity index (χ3v) is 4.43. The molecule has 0 spiro atoms. The Morgan fingerprint density at radius 1 is 1.19 bits per heavy atom. The standard InChI is InChI=1S/C17H16N2O7S/c1-25-16(21)12(9-11-5-3-2-4-6-11)18-14(20)10-26-17(22)13-7-8-15(27-13)19(23)24/h2-8,12H,9-10H2,1H3,(H,18,20)/t12-/m1/s1. The lowest BCUT2D eigenvalue weighted by molar-refractivity contribution is -0.380. The number of hydrogen-bond acceptors (Lipinski definition) is 8. The normalized spacial score (nSPS) is 11.3. The summed E-state index contributed by atoms with van der Waals surface area (Å²) < 4.78 is 9.51. The number of nitrogens with one attached hydrogen (secondary N) is 1. The molecule has 0 unspecified atom stereocenters. The van der Waals surface area contributed by atoms with Gasteiger partial charge in [0.1, 0.15) is 10.9 Å². The van der Waals surface area contributed by atoms with Gasteiger partial charge in [-0.1, -0.05) is 41.7 Å². The van der Waals surface area contributed by atoms with Crippen LogP contribution < -0.4 is 5.32 Å². The second kappa shape index (κ2) is 9.43. The molecule has 0 saturated heterocycles. The van der Waals surface area contributed by atoms with E-state index in [1.54, 1.807) is 24.3 Å². The number of carbonyl (C=O) groups is 3. The molecule has 27 heavy (non-hydrogen) atoms. The molecule has 1 amide bonds. The zero-order valence-corrected chi connectivity index (χ0v) is 15.1. The van der Waals surface area contributed by atoms with Crippen molar-refractivity contribution in [3.63, 3.8) is 0 Å². The van der Waals surface area contributed by atoms with Gasteiger partial charge in [0.05, 0.1) is 12.0 Å². The lowest BCUT2D eigenvalue weighted by atomic mass is 10.1. The smallest absolute Gasteiger partial charge is 0.349 e. The highest BCUT2D eigenvalue weighted by atomic mass is 32.1. The first-order valence-electron chi connectivity index (χ1n) is 7.73. The minimum atomic E-state index is -0.938. The molecule has 142 valence electrons. The lowest BCUT2D eigenvalue weighted by Gasteiger charge is -2.16. The van der Waals surface area contributed by atoms with Crippen LogP contribution in [0, 0.1) is 10.1 Å². The summed E-state index contributed by atoms with van der Waals surface area (Å²) in [5, 5.41) is 12.9.